The fraction of sp³-hybridized carbons (Fsp3) is 1.00. The lowest BCUT2D eigenvalue weighted by molar-refractivity contribution is 0.00631. The van der Waals surface area contributed by atoms with E-state index in [4.69, 9.17) is 23.8 Å². The van der Waals surface area contributed by atoms with Crippen LogP contribution in [-0.2, 0) is 13.6 Å². The van der Waals surface area contributed by atoms with Crippen LogP contribution in [0.25, 0.3) is 0 Å². The monoisotopic (exact) mass is 352 g/mol. The molecule has 0 aliphatic carbocycles. The van der Waals surface area contributed by atoms with Crippen LogP contribution in [0.4, 0.5) is 0 Å². The van der Waals surface area contributed by atoms with Crippen molar-refractivity contribution in [3.8, 4) is 0 Å². The molecule has 0 aliphatic heterocycles. The molecule has 0 rings (SSSR count). The fourth-order valence-corrected chi connectivity index (χ4v) is 6.26. The smallest absolute Gasteiger partial charge is 0.186 e. The highest BCUT2D eigenvalue weighted by molar-refractivity contribution is 6.71. The molecule has 0 amide bonds. The van der Waals surface area contributed by atoms with E-state index >= 15 is 0 Å². The van der Waals surface area contributed by atoms with E-state index in [-0.39, 0.29) is 19.1 Å². The summed E-state index contributed by atoms with van der Waals surface area (Å²) in [7, 11) is -2.60. The first-order chi connectivity index (χ1) is 9.53. The molecule has 0 saturated carbocycles. The maximum Gasteiger partial charge on any atom is 0.186 e. The van der Waals surface area contributed by atoms with Crippen molar-refractivity contribution in [2.24, 2.45) is 0 Å². The average molecular weight is 353 g/mol. The molecule has 8 heteroatoms. The Bertz CT molecular complexity index is 250. The molecule has 0 aromatic rings. The predicted octanol–water partition coefficient (Wildman–Crippen LogP) is 1.86. The lowest BCUT2D eigenvalue weighted by atomic mass is 10.4. The van der Waals surface area contributed by atoms with Crippen molar-refractivity contribution in [2.45, 2.75) is 63.8 Å². The molecule has 126 valence electrons. The van der Waals surface area contributed by atoms with Crippen LogP contribution < -0.4 is 0 Å². The molecule has 21 heavy (non-hydrogen) atoms. The maximum atomic E-state index is 9.15. The van der Waals surface area contributed by atoms with Gasteiger partial charge in [-0.25, -0.2) is 0 Å². The van der Waals surface area contributed by atoms with Crippen molar-refractivity contribution >= 4 is 26.2 Å². The van der Waals surface area contributed by atoms with E-state index in [2.05, 4.69) is 39.3 Å². The van der Waals surface area contributed by atoms with E-state index in [0.717, 1.165) is 12.5 Å². The summed E-state index contributed by atoms with van der Waals surface area (Å²) in [6.07, 6.45) is 0.141. The van der Waals surface area contributed by atoms with E-state index in [1.165, 1.54) is 0 Å². The molecule has 2 radical (unpaired) electrons. The summed E-state index contributed by atoms with van der Waals surface area (Å²) in [6, 6.07) is 0.995. The number of aliphatic hydroxyl groups excluding tert-OH is 2. The minimum Gasteiger partial charge on any atom is -0.397 e. The first kappa shape index (κ1) is 21.5. The van der Waals surface area contributed by atoms with Crippen molar-refractivity contribution in [1.29, 1.82) is 0 Å². The first-order valence-corrected chi connectivity index (χ1v) is 15.6. The van der Waals surface area contributed by atoms with Crippen LogP contribution in [0.1, 0.15) is 6.42 Å². The minimum atomic E-state index is -1.60. The Morgan fingerprint density at radius 3 is 1.95 bits per heavy atom. The Hall–Kier alpha value is 0.451. The van der Waals surface area contributed by atoms with Gasteiger partial charge in [0.15, 0.2) is 16.6 Å². The van der Waals surface area contributed by atoms with Gasteiger partial charge in [-0.2, -0.15) is 0 Å². The second kappa shape index (κ2) is 10.3. The molecule has 0 heterocycles. The molecular weight excluding hydrogens is 320 g/mol. The summed E-state index contributed by atoms with van der Waals surface area (Å²) < 4.78 is 17.6. The van der Waals surface area contributed by atoms with Gasteiger partial charge in [0.05, 0.1) is 13.2 Å². The van der Waals surface area contributed by atoms with E-state index in [1.807, 2.05) is 0 Å². The van der Waals surface area contributed by atoms with Gasteiger partial charge >= 0.3 is 0 Å². The highest BCUT2D eigenvalue weighted by atomic mass is 28.4. The van der Waals surface area contributed by atoms with Crippen molar-refractivity contribution < 1.29 is 23.8 Å². The van der Waals surface area contributed by atoms with Gasteiger partial charge in [0.2, 0.25) is 0 Å². The van der Waals surface area contributed by atoms with Gasteiger partial charge in [-0.05, 0) is 45.7 Å². The molecule has 0 aromatic carbocycles. The van der Waals surface area contributed by atoms with Crippen molar-refractivity contribution in [3.63, 3.8) is 0 Å². The molecule has 5 nitrogen and oxygen atoms in total. The fourth-order valence-electron chi connectivity index (χ4n) is 1.42. The van der Waals surface area contributed by atoms with Crippen molar-refractivity contribution in [2.75, 3.05) is 19.8 Å². The van der Waals surface area contributed by atoms with Crippen LogP contribution in [0, 0.1) is 0 Å². The molecule has 1 unspecified atom stereocenters. The molecular formula is C13H32O5Si3. The summed E-state index contributed by atoms with van der Waals surface area (Å²) in [4.78, 5) is 0. The number of aliphatic hydroxyl groups is 2. The standard InChI is InChI=1S/C13H32O5Si3/c1-20(2,3)17-13(18-21(4,5)6)19-9-7-8-16-11-12(15)10-14/h12-15H,7-11H2,1-6H3. The first-order valence-electron chi connectivity index (χ1n) is 7.49. The molecule has 2 N–H and O–H groups in total. The quantitative estimate of drug-likeness (QED) is 0.319. The van der Waals surface area contributed by atoms with Crippen LogP contribution >= 0.6 is 0 Å². The van der Waals surface area contributed by atoms with Gasteiger partial charge in [0.25, 0.3) is 0 Å². The lowest BCUT2D eigenvalue weighted by Crippen LogP contribution is -2.43. The van der Waals surface area contributed by atoms with E-state index in [0.29, 0.717) is 16.1 Å². The van der Waals surface area contributed by atoms with Gasteiger partial charge in [-0.15, -0.1) is 0 Å². The van der Waals surface area contributed by atoms with Crippen LogP contribution in [0.3, 0.4) is 0 Å². The molecule has 0 aliphatic rings. The van der Waals surface area contributed by atoms with Crippen LogP contribution in [0.2, 0.25) is 45.3 Å². The third-order valence-electron chi connectivity index (χ3n) is 2.22. The zero-order valence-electron chi connectivity index (χ0n) is 14.3. The highest BCUT2D eigenvalue weighted by Gasteiger charge is 2.26. The van der Waals surface area contributed by atoms with Crippen molar-refractivity contribution in [3.05, 3.63) is 0 Å². The second-order valence-corrected chi connectivity index (χ2v) is 17.3. The minimum absolute atomic E-state index is 0.0774. The Labute approximate surface area is 134 Å². The molecule has 0 spiro atoms. The zero-order valence-corrected chi connectivity index (χ0v) is 17.3. The SMILES string of the molecule is C[Si](C)(C)OC(O[Si](C)(C)C)[Si]CCCOCC(O)CO. The maximum absolute atomic E-state index is 9.15. The van der Waals surface area contributed by atoms with Gasteiger partial charge < -0.3 is 23.8 Å². The predicted molar refractivity (Wildman–Crippen MR) is 91.7 cm³/mol. The topological polar surface area (TPSA) is 68.2 Å². The Kier molecular flexibility index (Phi) is 10.5. The molecule has 0 fully saturated rings. The molecule has 0 saturated heterocycles. The van der Waals surface area contributed by atoms with Gasteiger partial charge in [-0.3, -0.25) is 0 Å². The summed E-state index contributed by atoms with van der Waals surface area (Å²) in [5.41, 5.74) is 0. The normalized spacial score (nSPS) is 14.7. The lowest BCUT2D eigenvalue weighted by Gasteiger charge is -2.31. The summed E-state index contributed by atoms with van der Waals surface area (Å²) in [5.74, 6) is -0.0774. The average Bonchev–Trinajstić information content (AvgIpc) is 2.28. The third kappa shape index (κ3) is 15.1. The Balaban J connectivity index is 3.96. The van der Waals surface area contributed by atoms with Gasteiger partial charge in [-0.1, -0.05) is 6.04 Å². The number of hydrogen-bond acceptors (Lipinski definition) is 5. The van der Waals surface area contributed by atoms with Gasteiger partial charge in [0.1, 0.15) is 21.5 Å². The summed E-state index contributed by atoms with van der Waals surface area (Å²) in [6.45, 7) is 13.6. The summed E-state index contributed by atoms with van der Waals surface area (Å²) >= 11 is 0. The van der Waals surface area contributed by atoms with E-state index in [9.17, 15) is 0 Å². The van der Waals surface area contributed by atoms with Crippen LogP contribution in [-0.4, -0.2) is 68.2 Å². The molecule has 1 atom stereocenters. The van der Waals surface area contributed by atoms with E-state index < -0.39 is 22.7 Å². The van der Waals surface area contributed by atoms with Crippen LogP contribution in [0.5, 0.6) is 0 Å². The number of rotatable bonds is 12. The largest absolute Gasteiger partial charge is 0.397 e. The second-order valence-electron chi connectivity index (χ2n) is 7.01. The highest BCUT2D eigenvalue weighted by Crippen LogP contribution is 2.14. The van der Waals surface area contributed by atoms with Crippen LogP contribution in [0.15, 0.2) is 0 Å². The third-order valence-corrected chi connectivity index (χ3v) is 5.74. The number of hydrogen-bond donors (Lipinski definition) is 2. The number of ether oxygens (including phenoxy) is 1. The zero-order chi connectivity index (χ0) is 16.5. The Morgan fingerprint density at radius 1 is 1.00 bits per heavy atom. The van der Waals surface area contributed by atoms with E-state index in [1.54, 1.807) is 0 Å². The van der Waals surface area contributed by atoms with Gasteiger partial charge in [0, 0.05) is 6.61 Å². The molecule has 0 aromatic heterocycles. The Morgan fingerprint density at radius 2 is 1.52 bits per heavy atom. The molecule has 0 bridgehead atoms. The van der Waals surface area contributed by atoms with Crippen molar-refractivity contribution in [1.82, 2.24) is 0 Å². The summed E-state index contributed by atoms with van der Waals surface area (Å²) in [5, 5.41) is 17.8.